The zero-order valence-electron chi connectivity index (χ0n) is 10.8. The first-order chi connectivity index (χ1) is 8.81. The second-order valence-electron chi connectivity index (χ2n) is 4.73. The minimum Gasteiger partial charge on any atom is -0.480 e. The van der Waals surface area contributed by atoms with Crippen molar-refractivity contribution in [2.75, 3.05) is 5.73 Å². The standard InChI is InChI=1S/C13H17BrN2O3/c1-7(2)5-11(13(18)19)16-12(17)8-3-4-10(15)9(14)6-8/h3-4,6-7,11H,5,15H2,1-2H3,(H,16,17)(H,18,19). The summed E-state index contributed by atoms with van der Waals surface area (Å²) in [6.45, 7) is 3.81. The van der Waals surface area contributed by atoms with E-state index in [1.54, 1.807) is 18.2 Å². The van der Waals surface area contributed by atoms with Crippen molar-refractivity contribution in [1.29, 1.82) is 0 Å². The molecule has 0 aliphatic rings. The molecule has 0 radical (unpaired) electrons. The molecule has 0 heterocycles. The molecular formula is C13H17BrN2O3. The molecule has 0 spiro atoms. The van der Waals surface area contributed by atoms with Crippen LogP contribution in [0.1, 0.15) is 30.6 Å². The number of hydrogen-bond acceptors (Lipinski definition) is 3. The number of nitrogen functional groups attached to an aromatic ring is 1. The lowest BCUT2D eigenvalue weighted by molar-refractivity contribution is -0.139. The van der Waals surface area contributed by atoms with E-state index in [1.165, 1.54) is 0 Å². The molecule has 0 aliphatic heterocycles. The van der Waals surface area contributed by atoms with E-state index >= 15 is 0 Å². The summed E-state index contributed by atoms with van der Waals surface area (Å²) in [5.41, 5.74) is 6.52. The van der Waals surface area contributed by atoms with Crippen molar-refractivity contribution in [2.24, 2.45) is 5.92 Å². The smallest absolute Gasteiger partial charge is 0.326 e. The van der Waals surface area contributed by atoms with Crippen LogP contribution >= 0.6 is 15.9 Å². The number of carboxylic acids is 1. The molecule has 0 aliphatic carbocycles. The highest BCUT2D eigenvalue weighted by Gasteiger charge is 2.21. The summed E-state index contributed by atoms with van der Waals surface area (Å²) in [5.74, 6) is -1.27. The highest BCUT2D eigenvalue weighted by atomic mass is 79.9. The van der Waals surface area contributed by atoms with Gasteiger partial charge < -0.3 is 16.2 Å². The molecule has 1 atom stereocenters. The Morgan fingerprint density at radius 1 is 1.42 bits per heavy atom. The first-order valence-corrected chi connectivity index (χ1v) is 6.69. The number of carbonyl (C=O) groups is 2. The lowest BCUT2D eigenvalue weighted by Gasteiger charge is -2.16. The fraction of sp³-hybridized carbons (Fsp3) is 0.385. The molecule has 19 heavy (non-hydrogen) atoms. The number of carbonyl (C=O) groups excluding carboxylic acids is 1. The van der Waals surface area contributed by atoms with Crippen LogP contribution in [0.2, 0.25) is 0 Å². The number of benzene rings is 1. The maximum atomic E-state index is 12.0. The molecule has 5 nitrogen and oxygen atoms in total. The van der Waals surface area contributed by atoms with E-state index in [0.717, 1.165) is 0 Å². The molecule has 1 amide bonds. The Labute approximate surface area is 120 Å². The average molecular weight is 329 g/mol. The molecule has 0 saturated carbocycles. The van der Waals surface area contributed by atoms with Gasteiger partial charge in [0.2, 0.25) is 0 Å². The summed E-state index contributed by atoms with van der Waals surface area (Å²) in [6, 6.07) is 3.84. The number of rotatable bonds is 5. The second-order valence-corrected chi connectivity index (χ2v) is 5.58. The predicted molar refractivity (Wildman–Crippen MR) is 76.9 cm³/mol. The van der Waals surface area contributed by atoms with Gasteiger partial charge in [0, 0.05) is 15.7 Å². The van der Waals surface area contributed by atoms with Crippen LogP contribution in [0.15, 0.2) is 22.7 Å². The summed E-state index contributed by atoms with van der Waals surface area (Å²) in [6.07, 6.45) is 0.386. The number of hydrogen-bond donors (Lipinski definition) is 3. The van der Waals surface area contributed by atoms with Gasteiger partial charge >= 0.3 is 5.97 Å². The van der Waals surface area contributed by atoms with Crippen molar-refractivity contribution < 1.29 is 14.7 Å². The normalized spacial score (nSPS) is 12.2. The molecule has 0 saturated heterocycles. The van der Waals surface area contributed by atoms with E-state index in [2.05, 4.69) is 21.2 Å². The van der Waals surface area contributed by atoms with Crippen LogP contribution in [0.5, 0.6) is 0 Å². The molecule has 0 aromatic heterocycles. The van der Waals surface area contributed by atoms with E-state index in [1.807, 2.05) is 13.8 Å². The molecule has 4 N–H and O–H groups in total. The Bertz CT molecular complexity index is 489. The third-order valence-corrected chi connectivity index (χ3v) is 3.26. The molecule has 0 bridgehead atoms. The molecule has 1 aromatic rings. The number of nitrogens with one attached hydrogen (secondary N) is 1. The molecule has 1 rings (SSSR count). The first kappa shape index (κ1) is 15.5. The lowest BCUT2D eigenvalue weighted by Crippen LogP contribution is -2.41. The maximum absolute atomic E-state index is 12.0. The van der Waals surface area contributed by atoms with Gasteiger partial charge in [0.1, 0.15) is 6.04 Å². The van der Waals surface area contributed by atoms with Crippen LogP contribution < -0.4 is 11.1 Å². The zero-order valence-corrected chi connectivity index (χ0v) is 12.4. The zero-order chi connectivity index (χ0) is 14.6. The van der Waals surface area contributed by atoms with Crippen LogP contribution in [0.25, 0.3) is 0 Å². The molecule has 104 valence electrons. The number of aliphatic carboxylic acids is 1. The fourth-order valence-electron chi connectivity index (χ4n) is 1.60. The molecule has 1 aromatic carbocycles. The Hall–Kier alpha value is -1.56. The van der Waals surface area contributed by atoms with Crippen molar-refractivity contribution in [3.8, 4) is 0 Å². The van der Waals surface area contributed by atoms with Gasteiger partial charge in [-0.1, -0.05) is 13.8 Å². The van der Waals surface area contributed by atoms with Crippen molar-refractivity contribution in [3.05, 3.63) is 28.2 Å². The Balaban J connectivity index is 2.81. The highest BCUT2D eigenvalue weighted by Crippen LogP contribution is 2.20. The Kier molecular flexibility index (Phi) is 5.35. The largest absolute Gasteiger partial charge is 0.480 e. The fourth-order valence-corrected chi connectivity index (χ4v) is 1.98. The van der Waals surface area contributed by atoms with E-state index in [9.17, 15) is 9.59 Å². The Morgan fingerprint density at radius 2 is 2.05 bits per heavy atom. The van der Waals surface area contributed by atoms with Crippen LogP contribution in [0.4, 0.5) is 5.69 Å². The number of nitrogens with two attached hydrogens (primary N) is 1. The Morgan fingerprint density at radius 3 is 2.53 bits per heavy atom. The predicted octanol–water partition coefficient (Wildman–Crippen LogP) is 2.26. The van der Waals surface area contributed by atoms with E-state index in [0.29, 0.717) is 22.1 Å². The third-order valence-electron chi connectivity index (χ3n) is 2.57. The topological polar surface area (TPSA) is 92.4 Å². The monoisotopic (exact) mass is 328 g/mol. The number of carboxylic acid groups (broad SMARTS) is 1. The van der Waals surface area contributed by atoms with Gasteiger partial charge in [0.15, 0.2) is 0 Å². The van der Waals surface area contributed by atoms with Crippen LogP contribution in [0, 0.1) is 5.92 Å². The van der Waals surface area contributed by atoms with Gasteiger partial charge in [-0.3, -0.25) is 4.79 Å². The summed E-state index contributed by atoms with van der Waals surface area (Å²) in [5, 5.41) is 11.6. The van der Waals surface area contributed by atoms with Gasteiger partial charge in [-0.05, 0) is 46.5 Å². The van der Waals surface area contributed by atoms with Gasteiger partial charge in [0.05, 0.1) is 0 Å². The molecule has 6 heteroatoms. The minimum atomic E-state index is -1.03. The van der Waals surface area contributed by atoms with Crippen molar-refractivity contribution in [2.45, 2.75) is 26.3 Å². The SMILES string of the molecule is CC(C)CC(NC(=O)c1ccc(N)c(Br)c1)C(=O)O. The number of anilines is 1. The van der Waals surface area contributed by atoms with Gasteiger partial charge in [-0.2, -0.15) is 0 Å². The van der Waals surface area contributed by atoms with Crippen LogP contribution in [-0.2, 0) is 4.79 Å². The van der Waals surface area contributed by atoms with E-state index < -0.39 is 17.9 Å². The molecular weight excluding hydrogens is 312 g/mol. The molecule has 1 unspecified atom stereocenters. The molecule has 0 fully saturated rings. The summed E-state index contributed by atoms with van der Waals surface area (Å²) >= 11 is 3.23. The van der Waals surface area contributed by atoms with Crippen molar-refractivity contribution in [3.63, 3.8) is 0 Å². The van der Waals surface area contributed by atoms with E-state index in [-0.39, 0.29) is 5.92 Å². The van der Waals surface area contributed by atoms with Crippen LogP contribution in [-0.4, -0.2) is 23.0 Å². The number of amides is 1. The average Bonchev–Trinajstić information content (AvgIpc) is 2.31. The van der Waals surface area contributed by atoms with Gasteiger partial charge in [0.25, 0.3) is 5.91 Å². The van der Waals surface area contributed by atoms with E-state index in [4.69, 9.17) is 10.8 Å². The maximum Gasteiger partial charge on any atom is 0.326 e. The van der Waals surface area contributed by atoms with Gasteiger partial charge in [-0.25, -0.2) is 4.79 Å². The summed E-state index contributed by atoms with van der Waals surface area (Å²) < 4.78 is 0.607. The third kappa shape index (κ3) is 4.55. The lowest BCUT2D eigenvalue weighted by atomic mass is 10.0. The first-order valence-electron chi connectivity index (χ1n) is 5.90. The summed E-state index contributed by atoms with van der Waals surface area (Å²) in [7, 11) is 0. The number of halogens is 1. The van der Waals surface area contributed by atoms with Gasteiger partial charge in [-0.15, -0.1) is 0 Å². The highest BCUT2D eigenvalue weighted by molar-refractivity contribution is 9.10. The summed E-state index contributed by atoms with van der Waals surface area (Å²) in [4.78, 5) is 23.0. The van der Waals surface area contributed by atoms with Crippen molar-refractivity contribution in [1.82, 2.24) is 5.32 Å². The minimum absolute atomic E-state index is 0.180. The quantitative estimate of drug-likeness (QED) is 0.723. The second kappa shape index (κ2) is 6.56. The van der Waals surface area contributed by atoms with Crippen molar-refractivity contribution >= 4 is 33.5 Å². The van der Waals surface area contributed by atoms with Crippen LogP contribution in [0.3, 0.4) is 0 Å².